The number of hydrogen-bond donors (Lipinski definition) is 1. The molecule has 0 bridgehead atoms. The van der Waals surface area contributed by atoms with Crippen molar-refractivity contribution in [1.82, 2.24) is 9.38 Å². The SMILES string of the molecule is Oc1cccn2c(C3CC3)nc(Br)c12. The number of hydrogen-bond acceptors (Lipinski definition) is 2. The van der Waals surface area contributed by atoms with Gasteiger partial charge in [-0.15, -0.1) is 0 Å². The van der Waals surface area contributed by atoms with Crippen molar-refractivity contribution in [3.63, 3.8) is 0 Å². The predicted molar refractivity (Wildman–Crippen MR) is 56.5 cm³/mol. The zero-order chi connectivity index (χ0) is 9.71. The predicted octanol–water partition coefficient (Wildman–Crippen LogP) is 2.68. The number of nitrogens with zero attached hydrogens (tertiary/aromatic N) is 2. The van der Waals surface area contributed by atoms with Gasteiger partial charge in [0.25, 0.3) is 0 Å². The van der Waals surface area contributed by atoms with Crippen LogP contribution in [0.2, 0.25) is 0 Å². The average molecular weight is 253 g/mol. The molecule has 0 amide bonds. The minimum absolute atomic E-state index is 0.277. The second kappa shape index (κ2) is 2.73. The van der Waals surface area contributed by atoms with Gasteiger partial charge in [-0.05, 0) is 40.9 Å². The van der Waals surface area contributed by atoms with Crippen LogP contribution >= 0.6 is 15.9 Å². The van der Waals surface area contributed by atoms with Gasteiger partial charge in [0.05, 0.1) is 0 Å². The van der Waals surface area contributed by atoms with E-state index in [2.05, 4.69) is 20.9 Å². The van der Waals surface area contributed by atoms with Crippen LogP contribution in [0.1, 0.15) is 24.6 Å². The zero-order valence-electron chi connectivity index (χ0n) is 7.44. The molecule has 0 spiro atoms. The lowest BCUT2D eigenvalue weighted by Crippen LogP contribution is -1.90. The van der Waals surface area contributed by atoms with Crippen LogP contribution in [0, 0.1) is 0 Å². The smallest absolute Gasteiger partial charge is 0.142 e. The van der Waals surface area contributed by atoms with E-state index in [1.807, 2.05) is 16.7 Å². The highest BCUT2D eigenvalue weighted by atomic mass is 79.9. The molecule has 0 unspecified atom stereocenters. The molecule has 2 heterocycles. The second-order valence-electron chi connectivity index (χ2n) is 3.65. The lowest BCUT2D eigenvalue weighted by molar-refractivity contribution is 0.478. The summed E-state index contributed by atoms with van der Waals surface area (Å²) in [6, 6.07) is 3.51. The summed E-state index contributed by atoms with van der Waals surface area (Å²) in [6.45, 7) is 0. The summed E-state index contributed by atoms with van der Waals surface area (Å²) in [7, 11) is 0. The van der Waals surface area contributed by atoms with E-state index >= 15 is 0 Å². The molecule has 1 saturated carbocycles. The van der Waals surface area contributed by atoms with E-state index in [0.29, 0.717) is 5.92 Å². The first-order valence-corrected chi connectivity index (χ1v) is 5.42. The molecule has 3 nitrogen and oxygen atoms in total. The van der Waals surface area contributed by atoms with Crippen LogP contribution in [-0.4, -0.2) is 14.5 Å². The lowest BCUT2D eigenvalue weighted by Gasteiger charge is -1.99. The molecule has 2 aromatic heterocycles. The molecule has 72 valence electrons. The van der Waals surface area contributed by atoms with Gasteiger partial charge < -0.3 is 5.11 Å². The fourth-order valence-electron chi connectivity index (χ4n) is 1.73. The summed E-state index contributed by atoms with van der Waals surface area (Å²) in [4.78, 5) is 4.43. The summed E-state index contributed by atoms with van der Waals surface area (Å²) >= 11 is 3.37. The largest absolute Gasteiger partial charge is 0.506 e. The highest BCUT2D eigenvalue weighted by Crippen LogP contribution is 2.41. The van der Waals surface area contributed by atoms with Crippen LogP contribution in [0.5, 0.6) is 5.75 Å². The Bertz CT molecular complexity index is 502. The van der Waals surface area contributed by atoms with Crippen LogP contribution in [0.4, 0.5) is 0 Å². The summed E-state index contributed by atoms with van der Waals surface area (Å²) in [5, 5.41) is 9.68. The van der Waals surface area contributed by atoms with Gasteiger partial charge in [-0.2, -0.15) is 0 Å². The molecule has 0 aromatic carbocycles. The Balaban J connectivity index is 2.37. The Morgan fingerprint density at radius 1 is 1.50 bits per heavy atom. The third kappa shape index (κ3) is 1.07. The first-order valence-electron chi connectivity index (χ1n) is 4.63. The van der Waals surface area contributed by atoms with Crippen LogP contribution in [-0.2, 0) is 0 Å². The summed E-state index contributed by atoms with van der Waals surface area (Å²) in [6.07, 6.45) is 4.36. The molecular formula is C10H9BrN2O. The van der Waals surface area contributed by atoms with Gasteiger partial charge >= 0.3 is 0 Å². The number of aromatic hydroxyl groups is 1. The third-order valence-electron chi connectivity index (χ3n) is 2.57. The molecule has 1 fully saturated rings. The topological polar surface area (TPSA) is 37.5 Å². The van der Waals surface area contributed by atoms with Gasteiger partial charge in [0.15, 0.2) is 0 Å². The second-order valence-corrected chi connectivity index (χ2v) is 4.40. The Morgan fingerprint density at radius 3 is 3.00 bits per heavy atom. The molecule has 1 aliphatic rings. The molecule has 0 radical (unpaired) electrons. The number of imidazole rings is 1. The van der Waals surface area contributed by atoms with Crippen molar-refractivity contribution < 1.29 is 5.11 Å². The molecule has 0 atom stereocenters. The monoisotopic (exact) mass is 252 g/mol. The van der Waals surface area contributed by atoms with Crippen molar-refractivity contribution in [3.05, 3.63) is 28.8 Å². The quantitative estimate of drug-likeness (QED) is 0.848. The van der Waals surface area contributed by atoms with E-state index in [1.54, 1.807) is 6.07 Å². The van der Waals surface area contributed by atoms with Crippen molar-refractivity contribution in [3.8, 4) is 5.75 Å². The fourth-order valence-corrected chi connectivity index (χ4v) is 2.31. The van der Waals surface area contributed by atoms with Crippen LogP contribution in [0.25, 0.3) is 5.52 Å². The Morgan fingerprint density at radius 2 is 2.29 bits per heavy atom. The van der Waals surface area contributed by atoms with Gasteiger partial charge in [-0.25, -0.2) is 4.98 Å². The van der Waals surface area contributed by atoms with Crippen LogP contribution < -0.4 is 0 Å². The summed E-state index contributed by atoms with van der Waals surface area (Å²) in [5.74, 6) is 1.91. The first-order chi connectivity index (χ1) is 6.77. The number of pyridine rings is 1. The van der Waals surface area contributed by atoms with E-state index in [-0.39, 0.29) is 5.75 Å². The third-order valence-corrected chi connectivity index (χ3v) is 3.12. The van der Waals surface area contributed by atoms with Crippen LogP contribution in [0.3, 0.4) is 0 Å². The maximum Gasteiger partial charge on any atom is 0.142 e. The van der Waals surface area contributed by atoms with E-state index in [1.165, 1.54) is 12.8 Å². The Labute approximate surface area is 89.5 Å². The highest BCUT2D eigenvalue weighted by Gasteiger charge is 2.29. The molecule has 1 N–H and O–H groups in total. The molecular weight excluding hydrogens is 244 g/mol. The molecule has 4 heteroatoms. The minimum Gasteiger partial charge on any atom is -0.506 e. The summed E-state index contributed by atoms with van der Waals surface area (Å²) < 4.78 is 2.70. The van der Waals surface area contributed by atoms with Gasteiger partial charge in [-0.1, -0.05) is 0 Å². The normalized spacial score (nSPS) is 16.4. The van der Waals surface area contributed by atoms with Crippen molar-refractivity contribution >= 4 is 21.4 Å². The number of fused-ring (bicyclic) bond motifs is 1. The average Bonchev–Trinajstić information content (AvgIpc) is 2.93. The fraction of sp³-hybridized carbons (Fsp3) is 0.300. The van der Waals surface area contributed by atoms with E-state index < -0.39 is 0 Å². The summed E-state index contributed by atoms with van der Waals surface area (Å²) in [5.41, 5.74) is 0.773. The maximum atomic E-state index is 9.68. The molecule has 14 heavy (non-hydrogen) atoms. The van der Waals surface area contributed by atoms with Crippen molar-refractivity contribution in [2.24, 2.45) is 0 Å². The standard InChI is InChI=1S/C10H9BrN2O/c11-9-8-7(14)2-1-5-13(8)10(12-9)6-3-4-6/h1-2,5-6,14H,3-4H2. The van der Waals surface area contributed by atoms with Crippen LogP contribution in [0.15, 0.2) is 22.9 Å². The zero-order valence-corrected chi connectivity index (χ0v) is 9.03. The number of aromatic nitrogens is 2. The Hall–Kier alpha value is -1.03. The molecule has 0 saturated heterocycles. The van der Waals surface area contributed by atoms with Crippen molar-refractivity contribution in [1.29, 1.82) is 0 Å². The van der Waals surface area contributed by atoms with Crippen molar-refractivity contribution in [2.45, 2.75) is 18.8 Å². The highest BCUT2D eigenvalue weighted by molar-refractivity contribution is 9.10. The number of halogens is 1. The Kier molecular flexibility index (Phi) is 1.62. The van der Waals surface area contributed by atoms with Gasteiger partial charge in [0.1, 0.15) is 21.7 Å². The number of rotatable bonds is 1. The minimum atomic E-state index is 0.277. The lowest BCUT2D eigenvalue weighted by atomic mass is 10.3. The molecule has 3 rings (SSSR count). The molecule has 0 aliphatic heterocycles. The first kappa shape index (κ1) is 8.29. The molecule has 1 aliphatic carbocycles. The van der Waals surface area contributed by atoms with Gasteiger partial charge in [-0.3, -0.25) is 4.40 Å². The van der Waals surface area contributed by atoms with E-state index in [9.17, 15) is 5.11 Å². The molecule has 2 aromatic rings. The van der Waals surface area contributed by atoms with Crippen molar-refractivity contribution in [2.75, 3.05) is 0 Å². The van der Waals surface area contributed by atoms with E-state index in [4.69, 9.17) is 0 Å². The van der Waals surface area contributed by atoms with E-state index in [0.717, 1.165) is 15.9 Å². The van der Waals surface area contributed by atoms with Gasteiger partial charge in [0.2, 0.25) is 0 Å². The maximum absolute atomic E-state index is 9.68. The van der Waals surface area contributed by atoms with Gasteiger partial charge in [0, 0.05) is 12.1 Å².